The Balaban J connectivity index is 0.00000144. The van der Waals surface area contributed by atoms with Gasteiger partial charge in [-0.2, -0.15) is 0 Å². The first-order chi connectivity index (χ1) is 7.67. The predicted molar refractivity (Wildman–Crippen MR) is 73.4 cm³/mol. The first-order valence-corrected chi connectivity index (χ1v) is 6.24. The Bertz CT molecular complexity index is 386. The van der Waals surface area contributed by atoms with Gasteiger partial charge in [-0.1, -0.05) is 51.0 Å². The van der Waals surface area contributed by atoms with Crippen LogP contribution < -0.4 is 0 Å². The smallest absolute Gasteiger partial charge is 0.140 e. The third-order valence-corrected chi connectivity index (χ3v) is 4.04. The molecule has 1 saturated carbocycles. The molecule has 1 aliphatic rings. The normalized spacial score (nSPS) is 18.2. The summed E-state index contributed by atoms with van der Waals surface area (Å²) in [5.41, 5.74) is 2.35. The van der Waals surface area contributed by atoms with Crippen molar-refractivity contribution in [2.75, 3.05) is 0 Å². The fourth-order valence-corrected chi connectivity index (χ4v) is 3.08. The Hall–Kier alpha value is -1.11. The van der Waals surface area contributed by atoms with E-state index in [0.717, 1.165) is 12.8 Å². The molecule has 1 heteroatoms. The second-order valence-corrected chi connectivity index (χ2v) is 5.01. The Morgan fingerprint density at radius 2 is 1.71 bits per heavy atom. The van der Waals surface area contributed by atoms with Crippen molar-refractivity contribution in [2.24, 2.45) is 0 Å². The summed E-state index contributed by atoms with van der Waals surface area (Å²) >= 11 is 0. The van der Waals surface area contributed by atoms with Crippen molar-refractivity contribution >= 4 is 5.78 Å². The van der Waals surface area contributed by atoms with Crippen LogP contribution in [0, 0.1) is 6.92 Å². The summed E-state index contributed by atoms with van der Waals surface area (Å²) in [5.74, 6) is 0.349. The molecule has 0 atom stereocenters. The molecular formula is C16H24O. The van der Waals surface area contributed by atoms with Crippen molar-refractivity contribution in [3.8, 4) is 0 Å². The molecule has 1 aromatic rings. The van der Waals surface area contributed by atoms with Crippen LogP contribution in [-0.4, -0.2) is 5.78 Å². The lowest BCUT2D eigenvalue weighted by Gasteiger charge is -2.36. The minimum absolute atomic E-state index is 0. The fraction of sp³-hybridized carbons (Fsp3) is 0.562. The third kappa shape index (κ3) is 2.43. The van der Waals surface area contributed by atoms with Crippen LogP contribution in [0.15, 0.2) is 24.3 Å². The number of Topliss-reactive ketones (excluding diaryl/α,β-unsaturated/α-hetero) is 1. The summed E-state index contributed by atoms with van der Waals surface area (Å²) in [6.07, 6.45) is 5.73. The summed E-state index contributed by atoms with van der Waals surface area (Å²) in [5, 5.41) is 0. The molecule has 0 heterocycles. The molecular weight excluding hydrogens is 208 g/mol. The second-order valence-electron chi connectivity index (χ2n) is 5.01. The van der Waals surface area contributed by atoms with E-state index in [1.54, 1.807) is 6.92 Å². The molecule has 0 amide bonds. The van der Waals surface area contributed by atoms with Crippen LogP contribution in [0.4, 0.5) is 0 Å². The zero-order valence-corrected chi connectivity index (χ0v) is 10.3. The second kappa shape index (κ2) is 5.48. The number of hydrogen-bond donors (Lipinski definition) is 0. The van der Waals surface area contributed by atoms with E-state index in [2.05, 4.69) is 31.2 Å². The van der Waals surface area contributed by atoms with E-state index in [-0.39, 0.29) is 12.8 Å². The first kappa shape index (κ1) is 14.0. The molecule has 0 bridgehead atoms. The Morgan fingerprint density at radius 1 is 1.12 bits per heavy atom. The highest BCUT2D eigenvalue weighted by molar-refractivity contribution is 5.88. The van der Waals surface area contributed by atoms with Crippen LogP contribution >= 0.6 is 0 Å². The zero-order valence-electron chi connectivity index (χ0n) is 10.3. The van der Waals surface area contributed by atoms with Crippen molar-refractivity contribution in [1.82, 2.24) is 0 Å². The van der Waals surface area contributed by atoms with Crippen molar-refractivity contribution in [3.05, 3.63) is 35.4 Å². The monoisotopic (exact) mass is 232 g/mol. The van der Waals surface area contributed by atoms with Gasteiger partial charge in [-0.25, -0.2) is 0 Å². The number of hydrogen-bond acceptors (Lipinski definition) is 1. The predicted octanol–water partition coefficient (Wildman–Crippen LogP) is 4.42. The van der Waals surface area contributed by atoms with E-state index >= 15 is 0 Å². The van der Waals surface area contributed by atoms with E-state index in [9.17, 15) is 4.79 Å². The molecule has 17 heavy (non-hydrogen) atoms. The fourth-order valence-electron chi connectivity index (χ4n) is 3.08. The van der Waals surface area contributed by atoms with Crippen molar-refractivity contribution in [2.45, 2.75) is 58.8 Å². The van der Waals surface area contributed by atoms with Gasteiger partial charge in [-0.15, -0.1) is 0 Å². The van der Waals surface area contributed by atoms with Crippen molar-refractivity contribution < 1.29 is 4.79 Å². The number of ketones is 1. The minimum atomic E-state index is -0.177. The lowest BCUT2D eigenvalue weighted by molar-refractivity contribution is -0.123. The Kier molecular flexibility index (Phi) is 4.50. The number of carbonyl (C=O) groups is 1. The Labute approximate surface area is 105 Å². The molecule has 2 rings (SSSR count). The van der Waals surface area contributed by atoms with Gasteiger partial charge in [0.2, 0.25) is 0 Å². The summed E-state index contributed by atoms with van der Waals surface area (Å²) in [7, 11) is 0. The maximum absolute atomic E-state index is 12.1. The van der Waals surface area contributed by atoms with Crippen LogP contribution in [-0.2, 0) is 10.2 Å². The van der Waals surface area contributed by atoms with Crippen LogP contribution in [0.3, 0.4) is 0 Å². The molecule has 0 radical (unpaired) electrons. The van der Waals surface area contributed by atoms with E-state index in [0.29, 0.717) is 5.78 Å². The van der Waals surface area contributed by atoms with E-state index < -0.39 is 0 Å². The highest BCUT2D eigenvalue weighted by Gasteiger charge is 2.38. The molecule has 0 N–H and O–H groups in total. The standard InChI is InChI=1S/C15H20O.CH4/c1-12-8-4-5-9-14(12)15(13(2)16)10-6-3-7-11-15;/h4-5,8-9H,3,6-7,10-11H2,1-2H3;1H4. The maximum atomic E-state index is 12.1. The van der Waals surface area contributed by atoms with Gasteiger partial charge in [0.25, 0.3) is 0 Å². The van der Waals surface area contributed by atoms with Gasteiger partial charge in [0.1, 0.15) is 5.78 Å². The summed E-state index contributed by atoms with van der Waals surface area (Å²) < 4.78 is 0. The lowest BCUT2D eigenvalue weighted by Crippen LogP contribution is -2.37. The van der Waals surface area contributed by atoms with E-state index in [1.807, 2.05) is 0 Å². The summed E-state index contributed by atoms with van der Waals surface area (Å²) in [6.45, 7) is 3.88. The van der Waals surface area contributed by atoms with Gasteiger partial charge in [0.15, 0.2) is 0 Å². The van der Waals surface area contributed by atoms with Gasteiger partial charge in [0.05, 0.1) is 5.41 Å². The quantitative estimate of drug-likeness (QED) is 0.737. The highest BCUT2D eigenvalue weighted by atomic mass is 16.1. The molecule has 0 aliphatic heterocycles. The van der Waals surface area contributed by atoms with Gasteiger partial charge >= 0.3 is 0 Å². The zero-order chi connectivity index (χ0) is 11.6. The minimum Gasteiger partial charge on any atom is -0.299 e. The highest BCUT2D eigenvalue weighted by Crippen LogP contribution is 2.41. The van der Waals surface area contributed by atoms with Crippen LogP contribution in [0.2, 0.25) is 0 Å². The molecule has 1 aliphatic carbocycles. The number of rotatable bonds is 2. The third-order valence-electron chi connectivity index (χ3n) is 4.04. The molecule has 0 aromatic heterocycles. The molecule has 1 aromatic carbocycles. The van der Waals surface area contributed by atoms with E-state index in [1.165, 1.54) is 30.4 Å². The average Bonchev–Trinajstić information content (AvgIpc) is 2.30. The number of aryl methyl sites for hydroxylation is 1. The lowest BCUT2D eigenvalue weighted by atomic mass is 9.66. The maximum Gasteiger partial charge on any atom is 0.140 e. The molecule has 94 valence electrons. The number of carbonyl (C=O) groups excluding carboxylic acids is 1. The van der Waals surface area contributed by atoms with Gasteiger partial charge in [0, 0.05) is 0 Å². The Morgan fingerprint density at radius 3 is 2.24 bits per heavy atom. The van der Waals surface area contributed by atoms with Crippen molar-refractivity contribution in [3.63, 3.8) is 0 Å². The van der Waals surface area contributed by atoms with Crippen LogP contribution in [0.25, 0.3) is 0 Å². The SMILES string of the molecule is C.CC(=O)C1(c2ccccc2C)CCCCC1. The summed E-state index contributed by atoms with van der Waals surface area (Å²) in [4.78, 5) is 12.1. The van der Waals surface area contributed by atoms with E-state index in [4.69, 9.17) is 0 Å². The largest absolute Gasteiger partial charge is 0.299 e. The molecule has 1 fully saturated rings. The molecule has 0 unspecified atom stereocenters. The average molecular weight is 232 g/mol. The van der Waals surface area contributed by atoms with Crippen LogP contribution in [0.5, 0.6) is 0 Å². The van der Waals surface area contributed by atoms with Crippen LogP contribution in [0.1, 0.15) is 57.6 Å². The van der Waals surface area contributed by atoms with Gasteiger partial charge < -0.3 is 0 Å². The molecule has 0 saturated heterocycles. The topological polar surface area (TPSA) is 17.1 Å². The number of benzene rings is 1. The molecule has 0 spiro atoms. The summed E-state index contributed by atoms with van der Waals surface area (Å²) in [6, 6.07) is 8.37. The first-order valence-electron chi connectivity index (χ1n) is 6.24. The molecule has 1 nitrogen and oxygen atoms in total. The van der Waals surface area contributed by atoms with Crippen molar-refractivity contribution in [1.29, 1.82) is 0 Å². The van der Waals surface area contributed by atoms with Gasteiger partial charge in [-0.05, 0) is 37.8 Å². The van der Waals surface area contributed by atoms with Gasteiger partial charge in [-0.3, -0.25) is 4.79 Å².